The molecule has 0 unspecified atom stereocenters. The highest BCUT2D eigenvalue weighted by atomic mass is 35.5. The normalized spacial score (nSPS) is 11.4. The van der Waals surface area contributed by atoms with Crippen molar-refractivity contribution in [3.63, 3.8) is 0 Å². The quantitative estimate of drug-likeness (QED) is 0.902. The minimum absolute atomic E-state index is 0.0170. The molecule has 0 saturated heterocycles. The molecule has 0 bridgehead atoms. The van der Waals surface area contributed by atoms with Gasteiger partial charge in [-0.1, -0.05) is 55.8 Å². The van der Waals surface area contributed by atoms with Gasteiger partial charge in [0.2, 0.25) is 11.0 Å². The highest BCUT2D eigenvalue weighted by Gasteiger charge is 2.23. The number of aromatic nitrogens is 2. The van der Waals surface area contributed by atoms with Crippen molar-refractivity contribution in [3.05, 3.63) is 39.9 Å². The molecule has 1 aromatic carbocycles. The molecule has 112 valence electrons. The topological polar surface area (TPSA) is 54.9 Å². The molecule has 1 N–H and O–H groups in total. The molecule has 0 aliphatic heterocycles. The number of rotatable bonds is 5. The van der Waals surface area contributed by atoms with Gasteiger partial charge in [-0.3, -0.25) is 4.79 Å². The zero-order valence-corrected chi connectivity index (χ0v) is 13.9. The lowest BCUT2D eigenvalue weighted by Crippen LogP contribution is -2.14. The number of halogens is 1. The SMILES string of the molecule is CCC(C)(C)c1nnc(NC(=O)Cc2ccc(Cl)cc2)s1. The Hall–Kier alpha value is -1.46. The Labute approximate surface area is 133 Å². The molecule has 1 amide bonds. The van der Waals surface area contributed by atoms with E-state index in [-0.39, 0.29) is 11.3 Å². The van der Waals surface area contributed by atoms with E-state index in [1.54, 1.807) is 12.1 Å². The number of carbonyl (C=O) groups excluding carboxylic acids is 1. The van der Waals surface area contributed by atoms with Crippen molar-refractivity contribution in [1.82, 2.24) is 10.2 Å². The van der Waals surface area contributed by atoms with E-state index in [4.69, 9.17) is 11.6 Å². The number of nitrogens with zero attached hydrogens (tertiary/aromatic N) is 2. The fourth-order valence-corrected chi connectivity index (χ4v) is 2.71. The summed E-state index contributed by atoms with van der Waals surface area (Å²) in [6.45, 7) is 6.35. The van der Waals surface area contributed by atoms with Gasteiger partial charge in [-0.25, -0.2) is 0 Å². The zero-order chi connectivity index (χ0) is 15.5. The first kappa shape index (κ1) is 15.9. The van der Waals surface area contributed by atoms with E-state index < -0.39 is 0 Å². The summed E-state index contributed by atoms with van der Waals surface area (Å²) in [4.78, 5) is 12.0. The van der Waals surface area contributed by atoms with Gasteiger partial charge in [-0.2, -0.15) is 0 Å². The summed E-state index contributed by atoms with van der Waals surface area (Å²) in [6, 6.07) is 7.23. The number of carbonyl (C=O) groups is 1. The van der Waals surface area contributed by atoms with Crippen molar-refractivity contribution in [3.8, 4) is 0 Å². The minimum Gasteiger partial charge on any atom is -0.300 e. The fourth-order valence-electron chi connectivity index (χ4n) is 1.65. The summed E-state index contributed by atoms with van der Waals surface area (Å²) in [5.74, 6) is -0.102. The van der Waals surface area contributed by atoms with Gasteiger partial charge in [0.05, 0.1) is 6.42 Å². The number of hydrogen-bond acceptors (Lipinski definition) is 4. The molecular formula is C15H18ClN3OS. The number of hydrogen-bond donors (Lipinski definition) is 1. The van der Waals surface area contributed by atoms with Gasteiger partial charge in [0.25, 0.3) is 0 Å². The van der Waals surface area contributed by atoms with Gasteiger partial charge in [-0.15, -0.1) is 10.2 Å². The Morgan fingerprint density at radius 2 is 1.95 bits per heavy atom. The molecule has 1 heterocycles. The third-order valence-corrected chi connectivity index (χ3v) is 4.87. The van der Waals surface area contributed by atoms with Crippen LogP contribution in [0.1, 0.15) is 37.8 Å². The Bertz CT molecular complexity index is 622. The number of amides is 1. The summed E-state index contributed by atoms with van der Waals surface area (Å²) in [6.07, 6.45) is 1.27. The number of anilines is 1. The Balaban J connectivity index is 1.98. The largest absolute Gasteiger partial charge is 0.300 e. The molecule has 0 radical (unpaired) electrons. The van der Waals surface area contributed by atoms with Gasteiger partial charge in [0.15, 0.2) is 0 Å². The lowest BCUT2D eigenvalue weighted by molar-refractivity contribution is -0.115. The van der Waals surface area contributed by atoms with Gasteiger partial charge in [0.1, 0.15) is 5.01 Å². The second-order valence-corrected chi connectivity index (χ2v) is 6.92. The van der Waals surface area contributed by atoms with Crippen LogP contribution in [0.4, 0.5) is 5.13 Å². The number of nitrogens with one attached hydrogen (secondary N) is 1. The van der Waals surface area contributed by atoms with Crippen molar-refractivity contribution >= 4 is 34.0 Å². The van der Waals surface area contributed by atoms with Crippen LogP contribution in [0.3, 0.4) is 0 Å². The second kappa shape index (κ2) is 6.54. The fraction of sp³-hybridized carbons (Fsp3) is 0.400. The lowest BCUT2D eigenvalue weighted by Gasteiger charge is -2.17. The molecule has 0 fully saturated rings. The molecular weight excluding hydrogens is 306 g/mol. The lowest BCUT2D eigenvalue weighted by atomic mass is 9.91. The van der Waals surface area contributed by atoms with Crippen molar-refractivity contribution in [2.24, 2.45) is 0 Å². The highest BCUT2D eigenvalue weighted by Crippen LogP contribution is 2.30. The maximum Gasteiger partial charge on any atom is 0.230 e. The van der Waals surface area contributed by atoms with Crippen LogP contribution in [0.5, 0.6) is 0 Å². The maximum absolute atomic E-state index is 12.0. The van der Waals surface area contributed by atoms with E-state index in [1.807, 2.05) is 12.1 Å². The first-order valence-electron chi connectivity index (χ1n) is 6.79. The molecule has 4 nitrogen and oxygen atoms in total. The summed E-state index contributed by atoms with van der Waals surface area (Å²) in [5.41, 5.74) is 0.895. The van der Waals surface area contributed by atoms with Crippen molar-refractivity contribution in [2.75, 3.05) is 5.32 Å². The predicted molar refractivity (Wildman–Crippen MR) is 87.0 cm³/mol. The van der Waals surface area contributed by atoms with Gasteiger partial charge >= 0.3 is 0 Å². The van der Waals surface area contributed by atoms with E-state index >= 15 is 0 Å². The molecule has 0 saturated carbocycles. The average Bonchev–Trinajstić information content (AvgIpc) is 2.90. The van der Waals surface area contributed by atoms with E-state index in [9.17, 15) is 4.79 Å². The first-order chi connectivity index (χ1) is 9.90. The van der Waals surface area contributed by atoms with Gasteiger partial charge in [-0.05, 0) is 24.1 Å². The van der Waals surface area contributed by atoms with Crippen LogP contribution in [0, 0.1) is 0 Å². The number of benzene rings is 1. The summed E-state index contributed by atoms with van der Waals surface area (Å²) in [7, 11) is 0. The third kappa shape index (κ3) is 4.25. The van der Waals surface area contributed by atoms with Gasteiger partial charge in [0, 0.05) is 10.4 Å². The maximum atomic E-state index is 12.0. The predicted octanol–water partition coefficient (Wildman–Crippen LogP) is 4.06. The standard InChI is InChI=1S/C15H18ClN3OS/c1-4-15(2,3)13-18-19-14(21-13)17-12(20)9-10-5-7-11(16)8-6-10/h5-8H,4,9H2,1-3H3,(H,17,19,20). The molecule has 1 aromatic heterocycles. The van der Waals surface area contributed by atoms with Crippen LogP contribution in [0.15, 0.2) is 24.3 Å². The first-order valence-corrected chi connectivity index (χ1v) is 7.98. The molecule has 0 spiro atoms. The molecule has 0 aliphatic rings. The van der Waals surface area contributed by atoms with E-state index in [0.29, 0.717) is 16.6 Å². The Morgan fingerprint density at radius 1 is 1.29 bits per heavy atom. The average molecular weight is 324 g/mol. The molecule has 21 heavy (non-hydrogen) atoms. The minimum atomic E-state index is -0.102. The van der Waals surface area contributed by atoms with Gasteiger partial charge < -0.3 is 5.32 Å². The van der Waals surface area contributed by atoms with E-state index in [2.05, 4.69) is 36.3 Å². The third-order valence-electron chi connectivity index (χ3n) is 3.41. The van der Waals surface area contributed by atoms with Crippen LogP contribution in [-0.2, 0) is 16.6 Å². The monoisotopic (exact) mass is 323 g/mol. The molecule has 0 aliphatic carbocycles. The van der Waals surface area contributed by atoms with Crippen LogP contribution in [-0.4, -0.2) is 16.1 Å². The van der Waals surface area contributed by atoms with E-state index in [1.165, 1.54) is 11.3 Å². The Morgan fingerprint density at radius 3 is 2.57 bits per heavy atom. The molecule has 2 aromatic rings. The van der Waals surface area contributed by atoms with Crippen molar-refractivity contribution in [2.45, 2.75) is 39.0 Å². The zero-order valence-electron chi connectivity index (χ0n) is 12.3. The highest BCUT2D eigenvalue weighted by molar-refractivity contribution is 7.15. The molecule has 6 heteroatoms. The Kier molecular flexibility index (Phi) is 4.96. The second-order valence-electron chi connectivity index (χ2n) is 5.50. The van der Waals surface area contributed by atoms with Crippen molar-refractivity contribution < 1.29 is 4.79 Å². The smallest absolute Gasteiger partial charge is 0.230 e. The van der Waals surface area contributed by atoms with Crippen LogP contribution < -0.4 is 5.32 Å². The van der Waals surface area contributed by atoms with Crippen LogP contribution in [0.25, 0.3) is 0 Å². The van der Waals surface area contributed by atoms with Crippen LogP contribution >= 0.6 is 22.9 Å². The summed E-state index contributed by atoms with van der Waals surface area (Å²) < 4.78 is 0. The van der Waals surface area contributed by atoms with Crippen LogP contribution in [0.2, 0.25) is 5.02 Å². The summed E-state index contributed by atoms with van der Waals surface area (Å²) >= 11 is 7.25. The molecule has 2 rings (SSSR count). The molecule has 0 atom stereocenters. The summed E-state index contributed by atoms with van der Waals surface area (Å²) in [5, 5.41) is 13.1. The van der Waals surface area contributed by atoms with Crippen molar-refractivity contribution in [1.29, 1.82) is 0 Å². The van der Waals surface area contributed by atoms with E-state index in [0.717, 1.165) is 17.0 Å².